The standard InChI is InChI=1S/C13H18N4O2/c1-13(2,3)11(18)17-9-7-6-8-14-10(9)15(4)16(5)12(17)19/h6-8H,1-5H3. The Morgan fingerprint density at radius 2 is 1.84 bits per heavy atom. The lowest BCUT2D eigenvalue weighted by Crippen LogP contribution is -2.57. The molecule has 0 saturated heterocycles. The van der Waals surface area contributed by atoms with Crippen LogP contribution in [-0.2, 0) is 4.79 Å². The van der Waals surface area contributed by atoms with Gasteiger partial charge in [0, 0.05) is 25.7 Å². The first-order chi connectivity index (χ1) is 8.75. The predicted octanol–water partition coefficient (Wildman–Crippen LogP) is 1.88. The summed E-state index contributed by atoms with van der Waals surface area (Å²) in [6.07, 6.45) is 1.64. The Balaban J connectivity index is 2.58. The highest BCUT2D eigenvalue weighted by atomic mass is 16.2. The molecule has 6 nitrogen and oxygen atoms in total. The van der Waals surface area contributed by atoms with Crippen LogP contribution in [0.3, 0.4) is 0 Å². The molecule has 6 heteroatoms. The number of rotatable bonds is 0. The molecule has 0 aliphatic carbocycles. The van der Waals surface area contributed by atoms with Gasteiger partial charge in [0.1, 0.15) is 0 Å². The second-order valence-corrected chi connectivity index (χ2v) is 5.57. The number of pyridine rings is 1. The molecule has 1 aliphatic heterocycles. The molecule has 0 aromatic carbocycles. The van der Waals surface area contributed by atoms with Gasteiger partial charge < -0.3 is 0 Å². The second kappa shape index (κ2) is 4.22. The van der Waals surface area contributed by atoms with E-state index in [2.05, 4.69) is 4.98 Å². The SMILES string of the molecule is CN1C(=O)N(C(=O)C(C)(C)C)c2cccnc2N1C. The summed E-state index contributed by atoms with van der Waals surface area (Å²) >= 11 is 0. The Morgan fingerprint density at radius 3 is 2.42 bits per heavy atom. The van der Waals surface area contributed by atoms with E-state index in [1.54, 1.807) is 58.2 Å². The van der Waals surface area contributed by atoms with E-state index in [1.165, 1.54) is 9.91 Å². The maximum atomic E-state index is 12.5. The van der Waals surface area contributed by atoms with Crippen LogP contribution < -0.4 is 9.91 Å². The molecule has 1 aromatic heterocycles. The Labute approximate surface area is 112 Å². The number of amides is 3. The topological polar surface area (TPSA) is 56.8 Å². The summed E-state index contributed by atoms with van der Waals surface area (Å²) in [5.74, 6) is 0.342. The van der Waals surface area contributed by atoms with E-state index in [0.29, 0.717) is 11.5 Å². The van der Waals surface area contributed by atoms with Crippen LogP contribution in [-0.4, -0.2) is 36.0 Å². The molecule has 2 rings (SSSR count). The molecule has 0 radical (unpaired) electrons. The van der Waals surface area contributed by atoms with Crippen molar-refractivity contribution in [2.45, 2.75) is 20.8 Å². The van der Waals surface area contributed by atoms with Gasteiger partial charge in [-0.2, -0.15) is 0 Å². The smallest absolute Gasteiger partial charge is 0.273 e. The molecule has 3 amide bonds. The fourth-order valence-electron chi connectivity index (χ4n) is 1.86. The number of carbonyl (C=O) groups is 2. The van der Waals surface area contributed by atoms with Crippen LogP contribution in [0.15, 0.2) is 18.3 Å². The van der Waals surface area contributed by atoms with Gasteiger partial charge in [0.2, 0.25) is 5.91 Å². The van der Waals surface area contributed by atoms with Crippen LogP contribution in [0.1, 0.15) is 20.8 Å². The molecular weight excluding hydrogens is 244 g/mol. The van der Waals surface area contributed by atoms with Crippen LogP contribution in [0.25, 0.3) is 0 Å². The highest BCUT2D eigenvalue weighted by Crippen LogP contribution is 2.34. The highest BCUT2D eigenvalue weighted by Gasteiger charge is 2.40. The Hall–Kier alpha value is -2.11. The van der Waals surface area contributed by atoms with Gasteiger partial charge in [-0.1, -0.05) is 20.8 Å². The average Bonchev–Trinajstić information content (AvgIpc) is 2.35. The minimum absolute atomic E-state index is 0.244. The summed E-state index contributed by atoms with van der Waals surface area (Å²) in [7, 11) is 3.35. The minimum Gasteiger partial charge on any atom is -0.273 e. The zero-order valence-corrected chi connectivity index (χ0v) is 11.8. The second-order valence-electron chi connectivity index (χ2n) is 5.57. The van der Waals surface area contributed by atoms with Gasteiger partial charge in [-0.3, -0.25) is 9.80 Å². The highest BCUT2D eigenvalue weighted by molar-refractivity contribution is 6.18. The molecule has 0 bridgehead atoms. The zero-order chi connectivity index (χ0) is 14.4. The number of nitrogens with zero attached hydrogens (tertiary/aromatic N) is 4. The largest absolute Gasteiger partial charge is 0.350 e. The van der Waals surface area contributed by atoms with E-state index in [9.17, 15) is 9.59 Å². The number of hydrazine groups is 1. The molecule has 19 heavy (non-hydrogen) atoms. The molecule has 0 N–H and O–H groups in total. The molecule has 0 saturated carbocycles. The van der Waals surface area contributed by atoms with Crippen molar-refractivity contribution in [1.82, 2.24) is 9.99 Å². The maximum absolute atomic E-state index is 12.5. The summed E-state index contributed by atoms with van der Waals surface area (Å²) in [4.78, 5) is 30.3. The van der Waals surface area contributed by atoms with E-state index in [4.69, 9.17) is 0 Å². The van der Waals surface area contributed by atoms with E-state index in [0.717, 1.165) is 0 Å². The molecule has 2 heterocycles. The third kappa shape index (κ3) is 2.03. The van der Waals surface area contributed by atoms with E-state index in [-0.39, 0.29) is 11.9 Å². The lowest BCUT2D eigenvalue weighted by molar-refractivity contribution is -0.125. The van der Waals surface area contributed by atoms with Crippen LogP contribution in [0.5, 0.6) is 0 Å². The van der Waals surface area contributed by atoms with Gasteiger partial charge >= 0.3 is 6.03 Å². The summed E-state index contributed by atoms with van der Waals surface area (Å²) in [5, 5.41) is 3.00. The monoisotopic (exact) mass is 262 g/mol. The molecule has 0 atom stereocenters. The van der Waals surface area contributed by atoms with Gasteiger partial charge in [0.15, 0.2) is 5.82 Å². The van der Waals surface area contributed by atoms with Crippen LogP contribution in [0, 0.1) is 5.41 Å². The van der Waals surface area contributed by atoms with Crippen molar-refractivity contribution >= 4 is 23.4 Å². The van der Waals surface area contributed by atoms with Gasteiger partial charge in [0.05, 0.1) is 5.69 Å². The van der Waals surface area contributed by atoms with Crippen molar-refractivity contribution in [3.05, 3.63) is 18.3 Å². The quantitative estimate of drug-likeness (QED) is 0.716. The zero-order valence-electron chi connectivity index (χ0n) is 11.8. The Bertz CT molecular complexity index is 536. The maximum Gasteiger partial charge on any atom is 0.350 e. The molecular formula is C13H18N4O2. The number of aromatic nitrogens is 1. The van der Waals surface area contributed by atoms with Crippen molar-refractivity contribution in [3.8, 4) is 0 Å². The number of imide groups is 1. The van der Waals surface area contributed by atoms with Crippen LogP contribution >= 0.6 is 0 Å². The van der Waals surface area contributed by atoms with Crippen molar-refractivity contribution in [3.63, 3.8) is 0 Å². The van der Waals surface area contributed by atoms with E-state index in [1.807, 2.05) is 0 Å². The van der Waals surface area contributed by atoms with Crippen molar-refractivity contribution in [2.75, 3.05) is 24.0 Å². The van der Waals surface area contributed by atoms with Crippen molar-refractivity contribution in [2.24, 2.45) is 5.41 Å². The molecule has 102 valence electrons. The summed E-state index contributed by atoms with van der Waals surface area (Å²) in [6.45, 7) is 5.37. The number of hydrogen-bond acceptors (Lipinski definition) is 4. The Morgan fingerprint density at radius 1 is 1.21 bits per heavy atom. The minimum atomic E-state index is -0.639. The van der Waals surface area contributed by atoms with Crippen molar-refractivity contribution < 1.29 is 9.59 Å². The third-order valence-electron chi connectivity index (χ3n) is 3.08. The number of carbonyl (C=O) groups excluding carboxylic acids is 2. The average molecular weight is 262 g/mol. The van der Waals surface area contributed by atoms with Crippen LogP contribution in [0.2, 0.25) is 0 Å². The van der Waals surface area contributed by atoms with Gasteiger partial charge in [-0.05, 0) is 12.1 Å². The number of anilines is 2. The molecule has 0 spiro atoms. The summed E-state index contributed by atoms with van der Waals surface area (Å²) in [6, 6.07) is 3.07. The van der Waals surface area contributed by atoms with Crippen molar-refractivity contribution in [1.29, 1.82) is 0 Å². The first-order valence-corrected chi connectivity index (χ1v) is 6.06. The predicted molar refractivity (Wildman–Crippen MR) is 72.7 cm³/mol. The lowest BCUT2D eigenvalue weighted by atomic mass is 9.94. The lowest BCUT2D eigenvalue weighted by Gasteiger charge is -2.41. The van der Waals surface area contributed by atoms with Gasteiger partial charge in [-0.15, -0.1) is 0 Å². The van der Waals surface area contributed by atoms with Gasteiger partial charge in [-0.25, -0.2) is 19.7 Å². The summed E-state index contributed by atoms with van der Waals surface area (Å²) < 4.78 is 0. The molecule has 0 fully saturated rings. The number of fused-ring (bicyclic) bond motifs is 1. The Kier molecular flexibility index (Phi) is 2.96. The first-order valence-electron chi connectivity index (χ1n) is 6.06. The number of hydrogen-bond donors (Lipinski definition) is 0. The van der Waals surface area contributed by atoms with E-state index >= 15 is 0 Å². The third-order valence-corrected chi connectivity index (χ3v) is 3.08. The number of urea groups is 1. The molecule has 1 aromatic rings. The van der Waals surface area contributed by atoms with Gasteiger partial charge in [0.25, 0.3) is 0 Å². The van der Waals surface area contributed by atoms with E-state index < -0.39 is 5.41 Å². The summed E-state index contributed by atoms with van der Waals surface area (Å²) in [5.41, 5.74) is -0.118. The fraction of sp³-hybridized carbons (Fsp3) is 0.462. The normalized spacial score (nSPS) is 15.6. The molecule has 0 unspecified atom stereocenters. The molecule has 1 aliphatic rings. The van der Waals surface area contributed by atoms with Crippen LogP contribution in [0.4, 0.5) is 16.3 Å². The first kappa shape index (κ1) is 13.3. The fourth-order valence-corrected chi connectivity index (χ4v) is 1.86.